The van der Waals surface area contributed by atoms with Crippen molar-refractivity contribution in [3.05, 3.63) is 47.6 Å². The van der Waals surface area contributed by atoms with Crippen molar-refractivity contribution in [1.29, 1.82) is 0 Å². The highest BCUT2D eigenvalue weighted by Crippen LogP contribution is 2.22. The molecule has 1 fully saturated rings. The molecule has 0 aliphatic carbocycles. The monoisotopic (exact) mass is 335 g/mol. The fraction of sp³-hybridized carbons (Fsp3) is 0.500. The van der Waals surface area contributed by atoms with E-state index in [1.54, 1.807) is 0 Å². The Bertz CT molecular complexity index is 743. The van der Waals surface area contributed by atoms with Crippen LogP contribution in [-0.2, 0) is 29.3 Å². The van der Waals surface area contributed by atoms with Gasteiger partial charge in [-0.3, -0.25) is 4.90 Å². The minimum absolute atomic E-state index is 0.00261. The van der Waals surface area contributed by atoms with Crippen LogP contribution >= 0.6 is 0 Å². The summed E-state index contributed by atoms with van der Waals surface area (Å²) in [6, 6.07) is 10.0. The van der Waals surface area contributed by atoms with Gasteiger partial charge in [0.1, 0.15) is 0 Å². The summed E-state index contributed by atoms with van der Waals surface area (Å²) in [5.41, 5.74) is 1.15. The zero-order valence-electron chi connectivity index (χ0n) is 13.2. The number of rotatable bonds is 6. The molecule has 0 unspecified atom stereocenters. The molecule has 1 saturated heterocycles. The van der Waals surface area contributed by atoms with Gasteiger partial charge >= 0.3 is 0 Å². The van der Waals surface area contributed by atoms with Crippen molar-refractivity contribution in [3.63, 3.8) is 0 Å². The summed E-state index contributed by atoms with van der Waals surface area (Å²) in [6.45, 7) is 3.12. The van der Waals surface area contributed by atoms with E-state index >= 15 is 0 Å². The Balaban J connectivity index is 1.78. The fourth-order valence-corrected chi connectivity index (χ4v) is 4.63. The van der Waals surface area contributed by atoms with Crippen LogP contribution in [0, 0.1) is 0 Å². The summed E-state index contributed by atoms with van der Waals surface area (Å²) < 4.78 is 28.9. The molecule has 124 valence electrons. The second kappa shape index (κ2) is 6.80. The lowest BCUT2D eigenvalue weighted by Crippen LogP contribution is -2.35. The molecule has 1 aliphatic rings. The van der Waals surface area contributed by atoms with E-state index in [4.69, 9.17) is 4.52 Å². The summed E-state index contributed by atoms with van der Waals surface area (Å²) in [4.78, 5) is 6.48. The van der Waals surface area contributed by atoms with Crippen molar-refractivity contribution in [1.82, 2.24) is 15.0 Å². The van der Waals surface area contributed by atoms with E-state index in [0.717, 1.165) is 12.0 Å². The number of nitrogens with zero attached hydrogens (tertiary/aromatic N) is 3. The van der Waals surface area contributed by atoms with Crippen molar-refractivity contribution in [2.24, 2.45) is 0 Å². The van der Waals surface area contributed by atoms with E-state index in [2.05, 4.69) is 15.0 Å². The van der Waals surface area contributed by atoms with E-state index in [1.807, 2.05) is 37.3 Å². The first-order valence-electron chi connectivity index (χ1n) is 7.85. The topological polar surface area (TPSA) is 76.3 Å². The molecule has 0 saturated carbocycles. The predicted octanol–water partition coefficient (Wildman–Crippen LogP) is 1.82. The first-order chi connectivity index (χ1) is 11.1. The maximum atomic E-state index is 11.8. The van der Waals surface area contributed by atoms with Crippen molar-refractivity contribution in [3.8, 4) is 0 Å². The van der Waals surface area contributed by atoms with Crippen LogP contribution in [0.3, 0.4) is 0 Å². The summed E-state index contributed by atoms with van der Waals surface area (Å²) >= 11 is 0. The molecule has 2 heterocycles. The smallest absolute Gasteiger partial charge is 0.240 e. The van der Waals surface area contributed by atoms with Crippen molar-refractivity contribution >= 4 is 9.84 Å². The second-order valence-corrected chi connectivity index (χ2v) is 8.13. The predicted molar refractivity (Wildman–Crippen MR) is 86.4 cm³/mol. The first-order valence-corrected chi connectivity index (χ1v) is 9.68. The van der Waals surface area contributed by atoms with Crippen LogP contribution in [0.25, 0.3) is 0 Å². The summed E-state index contributed by atoms with van der Waals surface area (Å²) in [6.07, 6.45) is 1.38. The normalized spacial score (nSPS) is 20.2. The third-order valence-corrected chi connectivity index (χ3v) is 5.87. The van der Waals surface area contributed by atoms with Gasteiger partial charge in [0.2, 0.25) is 5.89 Å². The fourth-order valence-electron chi connectivity index (χ4n) is 2.87. The van der Waals surface area contributed by atoms with Gasteiger partial charge in [0.25, 0.3) is 0 Å². The average molecular weight is 335 g/mol. The molecule has 23 heavy (non-hydrogen) atoms. The molecule has 1 aromatic heterocycles. The molecule has 0 N–H and O–H groups in total. The number of hydrogen-bond donors (Lipinski definition) is 0. The maximum absolute atomic E-state index is 11.8. The highest BCUT2D eigenvalue weighted by molar-refractivity contribution is 7.91. The molecule has 1 aromatic carbocycles. The lowest BCUT2D eigenvalue weighted by atomic mass is 10.1. The Morgan fingerprint density at radius 1 is 1.26 bits per heavy atom. The minimum Gasteiger partial charge on any atom is -0.338 e. The zero-order valence-corrected chi connectivity index (χ0v) is 14.0. The van der Waals surface area contributed by atoms with Gasteiger partial charge in [0.05, 0.1) is 18.1 Å². The van der Waals surface area contributed by atoms with Gasteiger partial charge in [0.15, 0.2) is 15.7 Å². The lowest BCUT2D eigenvalue weighted by molar-refractivity contribution is 0.169. The van der Waals surface area contributed by atoms with Crippen LogP contribution in [0.1, 0.15) is 30.6 Å². The Hall–Kier alpha value is -1.73. The molecule has 0 radical (unpaired) electrons. The molecule has 0 spiro atoms. The van der Waals surface area contributed by atoms with Crippen LogP contribution in [0.2, 0.25) is 0 Å². The summed E-state index contributed by atoms with van der Waals surface area (Å²) in [7, 11) is -2.93. The average Bonchev–Trinajstić information content (AvgIpc) is 3.13. The number of sulfone groups is 1. The zero-order chi connectivity index (χ0) is 16.3. The number of benzene rings is 1. The Labute approximate surface area is 136 Å². The van der Waals surface area contributed by atoms with Crippen LogP contribution < -0.4 is 0 Å². The first kappa shape index (κ1) is 16.1. The summed E-state index contributed by atoms with van der Waals surface area (Å²) in [5, 5.41) is 3.92. The van der Waals surface area contributed by atoms with Crippen molar-refractivity contribution in [2.45, 2.75) is 38.9 Å². The third-order valence-electron chi connectivity index (χ3n) is 4.12. The minimum atomic E-state index is -2.93. The molecule has 0 amide bonds. The van der Waals surface area contributed by atoms with Crippen molar-refractivity contribution in [2.75, 3.05) is 11.5 Å². The van der Waals surface area contributed by atoms with E-state index in [-0.39, 0.29) is 17.5 Å². The van der Waals surface area contributed by atoms with Gasteiger partial charge in [-0.1, -0.05) is 42.4 Å². The Kier molecular flexibility index (Phi) is 4.77. The highest BCUT2D eigenvalue weighted by Gasteiger charge is 2.33. The van der Waals surface area contributed by atoms with Crippen LogP contribution in [0.4, 0.5) is 0 Å². The van der Waals surface area contributed by atoms with E-state index < -0.39 is 9.84 Å². The van der Waals surface area contributed by atoms with Gasteiger partial charge in [-0.25, -0.2) is 8.42 Å². The number of aryl methyl sites for hydroxylation is 1. The molecule has 2 aromatic rings. The Morgan fingerprint density at radius 3 is 2.65 bits per heavy atom. The summed E-state index contributed by atoms with van der Waals surface area (Å²) in [5.74, 6) is 1.68. The molecule has 3 rings (SSSR count). The quantitative estimate of drug-likeness (QED) is 0.801. The van der Waals surface area contributed by atoms with Gasteiger partial charge < -0.3 is 4.52 Å². The lowest BCUT2D eigenvalue weighted by Gasteiger charge is -2.26. The molecular weight excluding hydrogens is 314 g/mol. The molecule has 7 heteroatoms. The van der Waals surface area contributed by atoms with E-state index in [1.165, 1.54) is 0 Å². The SMILES string of the molecule is CCc1noc(CN(Cc2ccccc2)[C@H]2CCS(=O)(=O)C2)n1. The van der Waals surface area contributed by atoms with Crippen LogP contribution in [0.5, 0.6) is 0 Å². The Morgan fingerprint density at radius 2 is 2.04 bits per heavy atom. The van der Waals surface area contributed by atoms with Crippen molar-refractivity contribution < 1.29 is 12.9 Å². The molecular formula is C16H21N3O3S. The number of hydrogen-bond acceptors (Lipinski definition) is 6. The molecule has 1 aliphatic heterocycles. The largest absolute Gasteiger partial charge is 0.338 e. The second-order valence-electron chi connectivity index (χ2n) is 5.91. The van der Waals surface area contributed by atoms with Gasteiger partial charge in [-0.05, 0) is 12.0 Å². The standard InChI is InChI=1S/C16H21N3O3S/c1-2-15-17-16(22-18-15)11-19(10-13-6-4-3-5-7-13)14-8-9-23(20,21)12-14/h3-7,14H,2,8-12H2,1H3/t14-/m0/s1. The van der Waals surface area contributed by atoms with Gasteiger partial charge in [-0.15, -0.1) is 0 Å². The molecule has 6 nitrogen and oxygen atoms in total. The number of aromatic nitrogens is 2. The van der Waals surface area contributed by atoms with E-state index in [0.29, 0.717) is 31.2 Å². The molecule has 1 atom stereocenters. The third kappa shape index (κ3) is 4.17. The van der Waals surface area contributed by atoms with Crippen LogP contribution in [-0.4, -0.2) is 41.0 Å². The maximum Gasteiger partial charge on any atom is 0.240 e. The van der Waals surface area contributed by atoms with Gasteiger partial charge in [0, 0.05) is 19.0 Å². The highest BCUT2D eigenvalue weighted by atomic mass is 32.2. The van der Waals surface area contributed by atoms with E-state index in [9.17, 15) is 8.42 Å². The molecule has 0 bridgehead atoms. The van der Waals surface area contributed by atoms with Crippen LogP contribution in [0.15, 0.2) is 34.9 Å². The van der Waals surface area contributed by atoms with Gasteiger partial charge in [-0.2, -0.15) is 4.98 Å².